The molecule has 0 unspecified atom stereocenters. The number of pyridine rings is 1. The van der Waals surface area contributed by atoms with Crippen LogP contribution in [-0.2, 0) is 16.6 Å². The third-order valence-corrected chi connectivity index (χ3v) is 10.2. The van der Waals surface area contributed by atoms with Crippen LogP contribution in [0.4, 0.5) is 8.78 Å². The van der Waals surface area contributed by atoms with Crippen LogP contribution >= 0.6 is 11.6 Å². The molecular weight excluding hydrogens is 563 g/mol. The minimum absolute atomic E-state index is 0. The summed E-state index contributed by atoms with van der Waals surface area (Å²) in [6.45, 7) is 2.28. The van der Waals surface area contributed by atoms with E-state index in [1.54, 1.807) is 0 Å². The van der Waals surface area contributed by atoms with Crippen LogP contribution in [0.15, 0.2) is 30.3 Å². The third-order valence-electron chi connectivity index (χ3n) is 9.98. The first-order chi connectivity index (χ1) is 18.0. The van der Waals surface area contributed by atoms with Gasteiger partial charge in [-0.2, -0.15) is 4.98 Å². The second-order valence-corrected chi connectivity index (χ2v) is 12.3. The molecule has 1 aromatic carbocycles. The van der Waals surface area contributed by atoms with Gasteiger partial charge in [-0.25, -0.2) is 8.78 Å². The zero-order valence-electron chi connectivity index (χ0n) is 22.2. The number of fused-ring (bicyclic) bond motifs is 2. The molecule has 2 aliphatic heterocycles. The van der Waals surface area contributed by atoms with Crippen molar-refractivity contribution in [1.82, 2.24) is 4.90 Å². The second kappa shape index (κ2) is 12.6. The largest absolute Gasteiger partial charge is 1.00 e. The Morgan fingerprint density at radius 2 is 1.77 bits per heavy atom. The standard InChI is InChI=1S/C30H36ClF2N3O.2ClH/c31-27-12-11-21-25(35-27)10-5-14-30(21)18-34-17-22(30)29(37)36-15-13-20(28-23(32)8-4-9-24(28)33)16-26(36)19-6-2-1-3-7-19;;/h4,8-9,11-12,19-20,22,26,34H,1-3,5-7,10,13-18H2;2*1H/t20-,22+,26+,30+;;/m1../s1. The number of aromatic amines is 1. The minimum atomic E-state index is -0.453. The predicted molar refractivity (Wildman–Crippen MR) is 138 cm³/mol. The quantitative estimate of drug-likeness (QED) is 0.432. The maximum atomic E-state index is 14.8. The maximum Gasteiger partial charge on any atom is 0.273 e. The summed E-state index contributed by atoms with van der Waals surface area (Å²) in [5.74, 6) is -0.528. The summed E-state index contributed by atoms with van der Waals surface area (Å²) in [4.78, 5) is 20.0. The summed E-state index contributed by atoms with van der Waals surface area (Å²) in [5.41, 5.74) is 2.46. The van der Waals surface area contributed by atoms with Gasteiger partial charge >= 0.3 is 0 Å². The molecule has 4 nitrogen and oxygen atoms in total. The highest BCUT2D eigenvalue weighted by atomic mass is 35.5. The van der Waals surface area contributed by atoms with Gasteiger partial charge in [0.15, 0.2) is 5.69 Å². The van der Waals surface area contributed by atoms with E-state index in [0.29, 0.717) is 30.5 Å². The molecule has 0 radical (unpaired) electrons. The lowest BCUT2D eigenvalue weighted by molar-refractivity contribution is -0.640. The Morgan fingerprint density at radius 3 is 2.51 bits per heavy atom. The Kier molecular flexibility index (Phi) is 9.84. The Balaban J connectivity index is 0.00000176. The van der Waals surface area contributed by atoms with E-state index in [1.165, 1.54) is 48.7 Å². The molecule has 2 aromatic rings. The molecule has 9 heteroatoms. The molecule has 39 heavy (non-hydrogen) atoms. The van der Waals surface area contributed by atoms with Gasteiger partial charge in [-0.3, -0.25) is 4.79 Å². The Bertz CT molecular complexity index is 1160. The molecule has 1 aromatic heterocycles. The summed E-state index contributed by atoms with van der Waals surface area (Å²) >= 11 is 6.29. The average Bonchev–Trinajstić information content (AvgIpc) is 3.32. The number of aromatic nitrogens is 1. The van der Waals surface area contributed by atoms with E-state index < -0.39 is 11.6 Å². The molecule has 1 amide bonds. The van der Waals surface area contributed by atoms with E-state index in [1.807, 2.05) is 6.07 Å². The first kappa shape index (κ1) is 30.5. The highest BCUT2D eigenvalue weighted by Crippen LogP contribution is 2.46. The van der Waals surface area contributed by atoms with Crippen molar-refractivity contribution >= 4 is 17.5 Å². The number of halogens is 5. The number of H-pyrrole nitrogens is 1. The summed E-state index contributed by atoms with van der Waals surface area (Å²) in [6.07, 6.45) is 10.0. The fourth-order valence-electron chi connectivity index (χ4n) is 8.28. The van der Waals surface area contributed by atoms with Crippen LogP contribution in [0.1, 0.15) is 80.5 Å². The highest BCUT2D eigenvalue weighted by molar-refractivity contribution is 6.28. The number of nitrogens with one attached hydrogen (secondary N) is 1. The summed E-state index contributed by atoms with van der Waals surface area (Å²) in [7, 11) is 0. The molecule has 4 atom stereocenters. The molecule has 6 rings (SSSR count). The van der Waals surface area contributed by atoms with Crippen LogP contribution < -0.4 is 35.1 Å². The zero-order valence-corrected chi connectivity index (χ0v) is 24.5. The van der Waals surface area contributed by atoms with Gasteiger partial charge in [0.1, 0.15) is 17.6 Å². The molecule has 3 heterocycles. The number of quaternary nitrogens is 1. The Morgan fingerprint density at radius 1 is 1.03 bits per heavy atom. The number of amides is 1. The van der Waals surface area contributed by atoms with Gasteiger partial charge in [0.05, 0.1) is 18.5 Å². The SMILES string of the molecule is O=C([C@@H]1C[NH2+]C[C@]12CCCc1[nH+]c(Cl)ccc12)N1CC[C@@H](c2c(F)cccc2F)C[C@H]1C1CCCCC1.[Cl-].[Cl-]. The molecule has 2 aliphatic carbocycles. The van der Waals surface area contributed by atoms with Crippen LogP contribution in [0.5, 0.6) is 0 Å². The lowest BCUT2D eigenvalue weighted by Crippen LogP contribution is -3.00. The maximum absolute atomic E-state index is 14.8. The molecule has 4 aliphatic rings. The fraction of sp³-hybridized carbons (Fsp3) is 0.600. The van der Waals surface area contributed by atoms with Crippen molar-refractivity contribution in [3.8, 4) is 0 Å². The summed E-state index contributed by atoms with van der Waals surface area (Å²) in [6, 6.07) is 8.28. The molecule has 3 fully saturated rings. The van der Waals surface area contributed by atoms with E-state index in [9.17, 15) is 13.6 Å². The monoisotopic (exact) mass is 599 g/mol. The topological polar surface area (TPSA) is 51.1 Å². The molecular formula is C30H38Cl3F2N3O. The normalized spacial score (nSPS) is 28.9. The lowest BCUT2D eigenvalue weighted by atomic mass is 9.64. The van der Waals surface area contributed by atoms with E-state index in [2.05, 4.69) is 21.3 Å². The van der Waals surface area contributed by atoms with Crippen molar-refractivity contribution < 1.29 is 48.7 Å². The molecule has 2 saturated heterocycles. The van der Waals surface area contributed by atoms with Crippen molar-refractivity contribution in [2.45, 2.75) is 81.6 Å². The first-order valence-corrected chi connectivity index (χ1v) is 14.6. The number of hydrogen-bond acceptors (Lipinski definition) is 1. The van der Waals surface area contributed by atoms with Crippen molar-refractivity contribution in [3.05, 3.63) is 63.9 Å². The first-order valence-electron chi connectivity index (χ1n) is 14.2. The number of piperidine rings is 1. The predicted octanol–water partition coefficient (Wildman–Crippen LogP) is -1.44. The van der Waals surface area contributed by atoms with Crippen molar-refractivity contribution in [2.75, 3.05) is 19.6 Å². The van der Waals surface area contributed by atoms with Crippen LogP contribution in [-0.4, -0.2) is 36.5 Å². The number of benzene rings is 1. The van der Waals surface area contributed by atoms with Gasteiger partial charge in [-0.05, 0) is 80.2 Å². The number of rotatable bonds is 3. The van der Waals surface area contributed by atoms with Crippen molar-refractivity contribution in [1.29, 1.82) is 0 Å². The van der Waals surface area contributed by atoms with E-state index in [4.69, 9.17) is 11.6 Å². The minimum Gasteiger partial charge on any atom is -1.00 e. The molecule has 1 spiro atoms. The van der Waals surface area contributed by atoms with Gasteiger partial charge in [-0.15, -0.1) is 0 Å². The average molecular weight is 601 g/mol. The number of aryl methyl sites for hydroxylation is 1. The van der Waals surface area contributed by atoms with Gasteiger partial charge in [0.2, 0.25) is 5.91 Å². The van der Waals surface area contributed by atoms with Crippen LogP contribution in [0.3, 0.4) is 0 Å². The van der Waals surface area contributed by atoms with Crippen LogP contribution in [0.2, 0.25) is 5.15 Å². The van der Waals surface area contributed by atoms with Gasteiger partial charge in [0.25, 0.3) is 5.15 Å². The summed E-state index contributed by atoms with van der Waals surface area (Å²) < 4.78 is 29.6. The highest BCUT2D eigenvalue weighted by Gasteiger charge is 2.56. The van der Waals surface area contributed by atoms with Crippen LogP contribution in [0, 0.1) is 23.5 Å². The molecule has 214 valence electrons. The zero-order chi connectivity index (χ0) is 25.6. The molecule has 0 bridgehead atoms. The van der Waals surface area contributed by atoms with E-state index in [0.717, 1.165) is 45.2 Å². The molecule has 1 saturated carbocycles. The van der Waals surface area contributed by atoms with Crippen LogP contribution in [0.25, 0.3) is 0 Å². The Hall–Kier alpha value is -1.47. The number of hydrogen-bond donors (Lipinski definition) is 1. The smallest absolute Gasteiger partial charge is 0.273 e. The third kappa shape index (κ3) is 5.56. The lowest BCUT2D eigenvalue weighted by Gasteiger charge is -2.47. The number of likely N-dealkylation sites (tertiary alicyclic amines) is 1. The second-order valence-electron chi connectivity index (χ2n) is 11.8. The van der Waals surface area contributed by atoms with E-state index >= 15 is 0 Å². The number of carbonyl (C=O) groups excluding carboxylic acids is 1. The van der Waals surface area contributed by atoms with Crippen molar-refractivity contribution in [2.24, 2.45) is 11.8 Å². The van der Waals surface area contributed by atoms with Gasteiger partial charge in [0, 0.05) is 36.2 Å². The summed E-state index contributed by atoms with van der Waals surface area (Å²) in [5, 5.41) is 2.95. The van der Waals surface area contributed by atoms with Gasteiger partial charge < -0.3 is 35.0 Å². The van der Waals surface area contributed by atoms with Crippen molar-refractivity contribution in [3.63, 3.8) is 0 Å². The molecule has 3 N–H and O–H groups in total. The fourth-order valence-corrected chi connectivity index (χ4v) is 8.45. The van der Waals surface area contributed by atoms with E-state index in [-0.39, 0.29) is 59.6 Å². The Labute approximate surface area is 247 Å². The van der Waals surface area contributed by atoms with Gasteiger partial charge in [-0.1, -0.05) is 25.3 Å². The number of nitrogens with zero attached hydrogens (tertiary/aromatic N) is 1. The number of nitrogens with two attached hydrogens (primary N) is 1. The number of carbonyl (C=O) groups is 1.